The average molecular weight is 686 g/mol. The lowest BCUT2D eigenvalue weighted by Crippen LogP contribution is -2.55. The van der Waals surface area contributed by atoms with E-state index in [1.165, 1.54) is 23.1 Å². The van der Waals surface area contributed by atoms with Crippen LogP contribution < -0.4 is 10.6 Å². The van der Waals surface area contributed by atoms with Crippen LogP contribution in [0.3, 0.4) is 0 Å². The fraction of sp³-hybridized carbons (Fsp3) is 0.400. The van der Waals surface area contributed by atoms with E-state index < -0.39 is 53.2 Å². The number of phenols is 1. The van der Waals surface area contributed by atoms with E-state index in [-0.39, 0.29) is 25.1 Å². The topological polar surface area (TPSA) is 134 Å². The molecule has 268 valence electrons. The van der Waals surface area contributed by atoms with Gasteiger partial charge in [0.2, 0.25) is 11.8 Å². The molecule has 0 aromatic heterocycles. The van der Waals surface area contributed by atoms with Gasteiger partial charge in [0.05, 0.1) is 0 Å². The highest BCUT2D eigenvalue weighted by atomic mass is 16.6. The molecule has 0 aliphatic rings. The van der Waals surface area contributed by atoms with Gasteiger partial charge >= 0.3 is 12.1 Å². The number of nitrogens with one attached hydrogen (secondary N) is 2. The van der Waals surface area contributed by atoms with Crippen molar-refractivity contribution in [2.45, 2.75) is 97.6 Å². The number of benzene rings is 3. The molecule has 0 saturated heterocycles. The van der Waals surface area contributed by atoms with Crippen LogP contribution in [-0.4, -0.2) is 63.7 Å². The lowest BCUT2D eigenvalue weighted by molar-refractivity contribution is -0.159. The van der Waals surface area contributed by atoms with Gasteiger partial charge in [0.25, 0.3) is 0 Å². The standard InChI is InChI=1S/C40H51N3O7/c1-10-22-43(36(46)32(42-38(48)50-40(7,8)9)24-29-17-19-30(44)20-18-29)34(31-21-16-26(2)23-27(31)3)35(45)41-33(37(47)49-39(4,5)6)25-28-14-12-11-13-15-28/h10-21,23,32-34,44H,1,22,24-25H2,2-9H3,(H,41,45)(H,42,48). The highest BCUT2D eigenvalue weighted by Crippen LogP contribution is 2.28. The highest BCUT2D eigenvalue weighted by Gasteiger charge is 2.38. The first-order valence-corrected chi connectivity index (χ1v) is 16.7. The van der Waals surface area contributed by atoms with Gasteiger partial charge in [-0.2, -0.15) is 0 Å². The molecule has 3 aromatic rings. The number of rotatable bonds is 13. The van der Waals surface area contributed by atoms with Crippen molar-refractivity contribution in [3.8, 4) is 5.75 Å². The molecule has 0 radical (unpaired) electrons. The van der Waals surface area contributed by atoms with Crippen molar-refractivity contribution in [1.82, 2.24) is 15.5 Å². The first-order valence-electron chi connectivity index (χ1n) is 16.7. The molecule has 3 aromatic carbocycles. The second-order valence-corrected chi connectivity index (χ2v) is 14.4. The third-order valence-electron chi connectivity index (χ3n) is 7.54. The van der Waals surface area contributed by atoms with Gasteiger partial charge in [0, 0.05) is 19.4 Å². The summed E-state index contributed by atoms with van der Waals surface area (Å²) >= 11 is 0. The maximum Gasteiger partial charge on any atom is 0.408 e. The summed E-state index contributed by atoms with van der Waals surface area (Å²) in [7, 11) is 0. The summed E-state index contributed by atoms with van der Waals surface area (Å²) in [6, 6.07) is 17.6. The predicted molar refractivity (Wildman–Crippen MR) is 193 cm³/mol. The first kappa shape index (κ1) is 39.3. The minimum Gasteiger partial charge on any atom is -0.508 e. The van der Waals surface area contributed by atoms with Crippen LogP contribution in [0.4, 0.5) is 4.79 Å². The summed E-state index contributed by atoms with van der Waals surface area (Å²) in [4.78, 5) is 57.3. The van der Waals surface area contributed by atoms with Crippen molar-refractivity contribution in [3.63, 3.8) is 0 Å². The number of ether oxygens (including phenoxy) is 2. The number of carbonyl (C=O) groups excluding carboxylic acids is 4. The summed E-state index contributed by atoms with van der Waals surface area (Å²) in [6.07, 6.45) is 0.873. The van der Waals surface area contributed by atoms with E-state index in [0.717, 1.165) is 16.7 Å². The van der Waals surface area contributed by atoms with Crippen LogP contribution in [0.1, 0.15) is 75.4 Å². The van der Waals surface area contributed by atoms with Gasteiger partial charge in [-0.25, -0.2) is 9.59 Å². The Morgan fingerprint density at radius 3 is 1.94 bits per heavy atom. The summed E-state index contributed by atoms with van der Waals surface area (Å²) in [5.74, 6) is -1.76. The number of amides is 3. The smallest absolute Gasteiger partial charge is 0.408 e. The van der Waals surface area contributed by atoms with Crippen molar-refractivity contribution in [3.05, 3.63) is 113 Å². The van der Waals surface area contributed by atoms with Crippen LogP contribution in [0, 0.1) is 13.8 Å². The van der Waals surface area contributed by atoms with Crippen molar-refractivity contribution >= 4 is 23.9 Å². The molecular formula is C40H51N3O7. The maximum absolute atomic E-state index is 14.7. The zero-order chi connectivity index (χ0) is 37.2. The number of hydrogen-bond acceptors (Lipinski definition) is 7. The number of esters is 1. The number of nitrogens with zero attached hydrogens (tertiary/aromatic N) is 1. The van der Waals surface area contributed by atoms with Gasteiger partial charge in [0.1, 0.15) is 35.1 Å². The van der Waals surface area contributed by atoms with E-state index in [1.54, 1.807) is 59.7 Å². The monoisotopic (exact) mass is 685 g/mol. The normalized spacial score (nSPS) is 13.3. The van der Waals surface area contributed by atoms with Crippen LogP contribution in [0.15, 0.2) is 85.5 Å². The van der Waals surface area contributed by atoms with Gasteiger partial charge in [-0.05, 0) is 89.8 Å². The number of alkyl carbamates (subject to hydrolysis) is 1. The quantitative estimate of drug-likeness (QED) is 0.143. The molecule has 10 heteroatoms. The lowest BCUT2D eigenvalue weighted by atomic mass is 9.95. The molecule has 0 heterocycles. The molecule has 3 atom stereocenters. The van der Waals surface area contributed by atoms with Crippen LogP contribution in [0.5, 0.6) is 5.75 Å². The van der Waals surface area contributed by atoms with Gasteiger partial charge in [-0.15, -0.1) is 6.58 Å². The number of aryl methyl sites for hydroxylation is 2. The Hall–Kier alpha value is -5.12. The predicted octanol–water partition coefficient (Wildman–Crippen LogP) is 6.27. The van der Waals surface area contributed by atoms with E-state index >= 15 is 0 Å². The van der Waals surface area contributed by atoms with Crippen molar-refractivity contribution < 1.29 is 33.8 Å². The third-order valence-corrected chi connectivity index (χ3v) is 7.54. The van der Waals surface area contributed by atoms with Crippen molar-refractivity contribution in [2.75, 3.05) is 6.54 Å². The van der Waals surface area contributed by atoms with Crippen molar-refractivity contribution in [1.29, 1.82) is 0 Å². The molecule has 3 amide bonds. The van der Waals surface area contributed by atoms with Crippen LogP contribution in [-0.2, 0) is 36.7 Å². The Labute approximate surface area is 295 Å². The second kappa shape index (κ2) is 17.0. The molecule has 0 aliphatic heterocycles. The first-order chi connectivity index (χ1) is 23.4. The SMILES string of the molecule is C=CCN(C(=O)C(Cc1ccc(O)cc1)NC(=O)OC(C)(C)C)C(C(=O)NC(Cc1ccccc1)C(=O)OC(C)(C)C)c1ccc(C)cc1C. The van der Waals surface area contributed by atoms with Gasteiger partial charge < -0.3 is 30.1 Å². The molecule has 3 N–H and O–H groups in total. The van der Waals surface area contributed by atoms with E-state index in [0.29, 0.717) is 11.1 Å². The average Bonchev–Trinajstić information content (AvgIpc) is 3.00. The van der Waals surface area contributed by atoms with Gasteiger partial charge in [-0.1, -0.05) is 72.3 Å². The molecule has 0 bridgehead atoms. The van der Waals surface area contributed by atoms with Gasteiger partial charge in [0.15, 0.2) is 0 Å². The number of hydrogen-bond donors (Lipinski definition) is 3. The number of aromatic hydroxyl groups is 1. The fourth-order valence-electron chi connectivity index (χ4n) is 5.43. The molecule has 0 saturated carbocycles. The molecular weight excluding hydrogens is 634 g/mol. The van der Waals surface area contributed by atoms with Crippen LogP contribution >= 0.6 is 0 Å². The summed E-state index contributed by atoms with van der Waals surface area (Å²) in [6.45, 7) is 18.0. The highest BCUT2D eigenvalue weighted by molar-refractivity contribution is 5.94. The lowest BCUT2D eigenvalue weighted by Gasteiger charge is -2.35. The summed E-state index contributed by atoms with van der Waals surface area (Å²) < 4.78 is 11.2. The Balaban J connectivity index is 2.12. The Kier molecular flexibility index (Phi) is 13.4. The molecule has 3 unspecified atom stereocenters. The second-order valence-electron chi connectivity index (χ2n) is 14.4. The summed E-state index contributed by atoms with van der Waals surface area (Å²) in [5.41, 5.74) is 2.04. The molecule has 0 spiro atoms. The van der Waals surface area contributed by atoms with E-state index in [9.17, 15) is 24.3 Å². The zero-order valence-electron chi connectivity index (χ0n) is 30.4. The van der Waals surface area contributed by atoms with E-state index in [1.807, 2.05) is 56.3 Å². The molecule has 3 rings (SSSR count). The molecule has 0 aliphatic carbocycles. The number of carbonyl (C=O) groups is 4. The number of phenolic OH excluding ortho intramolecular Hbond substituents is 1. The fourth-order valence-corrected chi connectivity index (χ4v) is 5.43. The minimum atomic E-state index is -1.23. The Morgan fingerprint density at radius 2 is 1.38 bits per heavy atom. The largest absolute Gasteiger partial charge is 0.508 e. The third kappa shape index (κ3) is 12.1. The van der Waals surface area contributed by atoms with E-state index in [4.69, 9.17) is 9.47 Å². The van der Waals surface area contributed by atoms with Crippen molar-refractivity contribution in [2.24, 2.45) is 0 Å². The Bertz CT molecular complexity index is 1640. The zero-order valence-corrected chi connectivity index (χ0v) is 30.4. The Morgan fingerprint density at radius 1 is 0.800 bits per heavy atom. The molecule has 50 heavy (non-hydrogen) atoms. The summed E-state index contributed by atoms with van der Waals surface area (Å²) in [5, 5.41) is 15.5. The molecule has 0 fully saturated rings. The van der Waals surface area contributed by atoms with Gasteiger partial charge in [-0.3, -0.25) is 9.59 Å². The molecule has 10 nitrogen and oxygen atoms in total. The van der Waals surface area contributed by atoms with Crippen LogP contribution in [0.25, 0.3) is 0 Å². The van der Waals surface area contributed by atoms with Crippen LogP contribution in [0.2, 0.25) is 0 Å². The maximum atomic E-state index is 14.7. The minimum absolute atomic E-state index is 0.0295. The van der Waals surface area contributed by atoms with E-state index in [2.05, 4.69) is 17.2 Å².